The molecule has 1 aromatic carbocycles. The van der Waals surface area contributed by atoms with Crippen LogP contribution in [0.4, 0.5) is 0 Å². The fraction of sp³-hybridized carbons (Fsp3) is 0.200. The van der Waals surface area contributed by atoms with E-state index in [1.807, 2.05) is 18.2 Å². The summed E-state index contributed by atoms with van der Waals surface area (Å²) in [4.78, 5) is 14.7. The summed E-state index contributed by atoms with van der Waals surface area (Å²) in [7, 11) is 1.73. The summed E-state index contributed by atoms with van der Waals surface area (Å²) in [6, 6.07) is 12.8. The average molecular weight is 365 g/mol. The summed E-state index contributed by atoms with van der Waals surface area (Å²) < 4.78 is 6.47. The Balaban J connectivity index is 1.91. The number of halogens is 1. The van der Waals surface area contributed by atoms with E-state index < -0.39 is 0 Å². The van der Waals surface area contributed by atoms with E-state index in [9.17, 15) is 4.79 Å². The molecule has 2 rings (SSSR count). The molecule has 6 heteroatoms. The van der Waals surface area contributed by atoms with Gasteiger partial charge in [0.25, 0.3) is 5.91 Å². The number of hydrogen-bond acceptors (Lipinski definition) is 4. The zero-order valence-electron chi connectivity index (χ0n) is 11.4. The lowest BCUT2D eigenvalue weighted by molar-refractivity contribution is -0.132. The van der Waals surface area contributed by atoms with Crippen LogP contribution in [0.25, 0.3) is 0 Å². The number of nitrogens with zero attached hydrogens (tertiary/aromatic N) is 2. The molecule has 0 aliphatic rings. The molecular formula is C15H13BrN2O2S. The van der Waals surface area contributed by atoms with Crippen LogP contribution < -0.4 is 4.74 Å². The van der Waals surface area contributed by atoms with Gasteiger partial charge in [0.05, 0.1) is 15.9 Å². The van der Waals surface area contributed by atoms with Crippen molar-refractivity contribution >= 4 is 33.2 Å². The highest BCUT2D eigenvalue weighted by Crippen LogP contribution is 2.23. The van der Waals surface area contributed by atoms with E-state index in [4.69, 9.17) is 10.00 Å². The molecule has 0 aliphatic heterocycles. The summed E-state index contributed by atoms with van der Waals surface area (Å²) in [6.45, 7) is 0.458. The number of rotatable bonds is 5. The van der Waals surface area contributed by atoms with Gasteiger partial charge in [0.15, 0.2) is 6.61 Å². The molecule has 21 heavy (non-hydrogen) atoms. The van der Waals surface area contributed by atoms with Crippen molar-refractivity contribution in [3.63, 3.8) is 0 Å². The zero-order chi connectivity index (χ0) is 15.2. The topological polar surface area (TPSA) is 53.3 Å². The number of nitriles is 1. The van der Waals surface area contributed by atoms with Gasteiger partial charge in [-0.25, -0.2) is 0 Å². The predicted molar refractivity (Wildman–Crippen MR) is 85.1 cm³/mol. The average Bonchev–Trinajstić information content (AvgIpc) is 2.90. The maximum atomic E-state index is 12.0. The van der Waals surface area contributed by atoms with Gasteiger partial charge in [-0.3, -0.25) is 4.79 Å². The number of amides is 1. The highest BCUT2D eigenvalue weighted by molar-refractivity contribution is 9.11. The summed E-state index contributed by atoms with van der Waals surface area (Å²) in [5.74, 6) is 0.299. The van der Waals surface area contributed by atoms with Gasteiger partial charge in [0, 0.05) is 11.9 Å². The van der Waals surface area contributed by atoms with Crippen molar-refractivity contribution in [2.45, 2.75) is 6.54 Å². The quantitative estimate of drug-likeness (QED) is 0.816. The predicted octanol–water partition coefficient (Wildman–Crippen LogP) is 3.42. The molecule has 108 valence electrons. The Hall–Kier alpha value is -1.84. The number of thiophene rings is 1. The van der Waals surface area contributed by atoms with E-state index in [0.717, 1.165) is 8.66 Å². The molecule has 0 saturated heterocycles. The van der Waals surface area contributed by atoms with Gasteiger partial charge in [-0.15, -0.1) is 11.3 Å². The molecule has 0 spiro atoms. The van der Waals surface area contributed by atoms with Gasteiger partial charge < -0.3 is 9.64 Å². The number of carbonyl (C=O) groups excluding carboxylic acids is 1. The third-order valence-electron chi connectivity index (χ3n) is 2.81. The molecule has 2 aromatic rings. The van der Waals surface area contributed by atoms with Crippen molar-refractivity contribution in [3.8, 4) is 11.8 Å². The lowest BCUT2D eigenvalue weighted by Gasteiger charge is -2.16. The first-order valence-electron chi connectivity index (χ1n) is 6.20. The molecule has 1 aromatic heterocycles. The van der Waals surface area contributed by atoms with Crippen LogP contribution in [0.5, 0.6) is 5.75 Å². The number of ether oxygens (including phenoxy) is 1. The Morgan fingerprint density at radius 1 is 1.38 bits per heavy atom. The van der Waals surface area contributed by atoms with Crippen LogP contribution in [0.3, 0.4) is 0 Å². The van der Waals surface area contributed by atoms with Crippen LogP contribution in [0.1, 0.15) is 10.4 Å². The number of para-hydroxylation sites is 1. The largest absolute Gasteiger partial charge is 0.482 e. The minimum atomic E-state index is -0.132. The summed E-state index contributed by atoms with van der Waals surface area (Å²) in [6.07, 6.45) is 0. The van der Waals surface area contributed by atoms with E-state index in [1.54, 1.807) is 47.5 Å². The van der Waals surface area contributed by atoms with Crippen LogP contribution in [-0.4, -0.2) is 24.5 Å². The molecule has 0 atom stereocenters. The van der Waals surface area contributed by atoms with E-state index in [0.29, 0.717) is 17.9 Å². The second-order valence-corrected chi connectivity index (χ2v) is 6.90. The Bertz CT molecular complexity index is 678. The smallest absolute Gasteiger partial charge is 0.260 e. The lowest BCUT2D eigenvalue weighted by Crippen LogP contribution is -2.30. The highest BCUT2D eigenvalue weighted by atomic mass is 79.9. The molecular weight excluding hydrogens is 352 g/mol. The fourth-order valence-corrected chi connectivity index (χ4v) is 3.23. The number of carbonyl (C=O) groups is 1. The highest BCUT2D eigenvalue weighted by Gasteiger charge is 2.12. The number of benzene rings is 1. The number of likely N-dealkylation sites (N-methyl/N-ethyl adjacent to an activating group) is 1. The minimum absolute atomic E-state index is 0.0816. The molecule has 0 saturated carbocycles. The van der Waals surface area contributed by atoms with Gasteiger partial charge >= 0.3 is 0 Å². The zero-order valence-corrected chi connectivity index (χ0v) is 13.8. The van der Waals surface area contributed by atoms with Crippen LogP contribution >= 0.6 is 27.3 Å². The minimum Gasteiger partial charge on any atom is -0.482 e. The van der Waals surface area contributed by atoms with Gasteiger partial charge in [0.1, 0.15) is 11.8 Å². The second-order valence-electron chi connectivity index (χ2n) is 4.35. The SMILES string of the molecule is CN(Cc1ccc(Br)s1)C(=O)COc1ccccc1C#N. The molecule has 0 radical (unpaired) electrons. The van der Waals surface area contributed by atoms with Crippen LogP contribution in [0.15, 0.2) is 40.2 Å². The first-order valence-corrected chi connectivity index (χ1v) is 7.81. The van der Waals surface area contributed by atoms with E-state index >= 15 is 0 Å². The van der Waals surface area contributed by atoms with Crippen molar-refractivity contribution in [2.24, 2.45) is 0 Å². The number of hydrogen-bond donors (Lipinski definition) is 0. The van der Waals surface area contributed by atoms with Crippen molar-refractivity contribution in [1.29, 1.82) is 5.26 Å². The van der Waals surface area contributed by atoms with E-state index in [2.05, 4.69) is 15.9 Å². The van der Waals surface area contributed by atoms with Crippen molar-refractivity contribution in [1.82, 2.24) is 4.90 Å². The maximum Gasteiger partial charge on any atom is 0.260 e. The molecule has 0 fully saturated rings. The molecule has 0 unspecified atom stereocenters. The Labute approximate surface area is 135 Å². The monoisotopic (exact) mass is 364 g/mol. The van der Waals surface area contributed by atoms with Gasteiger partial charge in [-0.1, -0.05) is 12.1 Å². The molecule has 4 nitrogen and oxygen atoms in total. The summed E-state index contributed by atoms with van der Waals surface area (Å²) >= 11 is 4.99. The summed E-state index contributed by atoms with van der Waals surface area (Å²) in [5, 5.41) is 8.96. The Kier molecular flexibility index (Phi) is 5.37. The van der Waals surface area contributed by atoms with Gasteiger partial charge in [-0.05, 0) is 40.2 Å². The lowest BCUT2D eigenvalue weighted by atomic mass is 10.2. The van der Waals surface area contributed by atoms with E-state index in [1.165, 1.54) is 0 Å². The van der Waals surface area contributed by atoms with Gasteiger partial charge in [0.2, 0.25) is 0 Å². The fourth-order valence-electron chi connectivity index (χ4n) is 1.69. The first-order chi connectivity index (χ1) is 10.1. The molecule has 0 aliphatic carbocycles. The van der Waals surface area contributed by atoms with Gasteiger partial charge in [-0.2, -0.15) is 5.26 Å². The third-order valence-corrected chi connectivity index (χ3v) is 4.41. The second kappa shape index (κ2) is 7.25. The Morgan fingerprint density at radius 3 is 2.81 bits per heavy atom. The molecule has 0 N–H and O–H groups in total. The normalized spacial score (nSPS) is 9.95. The van der Waals surface area contributed by atoms with Crippen molar-refractivity contribution < 1.29 is 9.53 Å². The maximum absolute atomic E-state index is 12.0. The standard InChI is InChI=1S/C15H13BrN2O2S/c1-18(9-12-6-7-14(16)21-12)15(19)10-20-13-5-3-2-4-11(13)8-17/h2-7H,9-10H2,1H3. The van der Waals surface area contributed by atoms with Crippen LogP contribution in [0.2, 0.25) is 0 Å². The molecule has 0 bridgehead atoms. The Morgan fingerprint density at radius 2 is 2.14 bits per heavy atom. The molecule has 1 heterocycles. The summed E-state index contributed by atoms with van der Waals surface area (Å²) in [5.41, 5.74) is 0.426. The third kappa shape index (κ3) is 4.31. The van der Waals surface area contributed by atoms with Crippen LogP contribution in [-0.2, 0) is 11.3 Å². The van der Waals surface area contributed by atoms with Crippen molar-refractivity contribution in [3.05, 3.63) is 50.6 Å². The molecule has 1 amide bonds. The van der Waals surface area contributed by atoms with Crippen molar-refractivity contribution in [2.75, 3.05) is 13.7 Å². The van der Waals surface area contributed by atoms with Crippen LogP contribution in [0, 0.1) is 11.3 Å². The van der Waals surface area contributed by atoms with E-state index in [-0.39, 0.29) is 12.5 Å². The first kappa shape index (κ1) is 15.5.